The number of aromatic nitrogens is 2. The smallest absolute Gasteiger partial charge is 0.324 e. The summed E-state index contributed by atoms with van der Waals surface area (Å²) in [5, 5.41) is 13.9. The van der Waals surface area contributed by atoms with Crippen LogP contribution in [0.25, 0.3) is 11.4 Å². The van der Waals surface area contributed by atoms with Crippen LogP contribution in [0, 0.1) is 11.8 Å². The molecule has 1 amide bonds. The number of ether oxygens (including phenoxy) is 1. The van der Waals surface area contributed by atoms with Crippen molar-refractivity contribution >= 4 is 11.9 Å². The number of likely N-dealkylation sites (tertiary alicyclic amines) is 1. The third kappa shape index (κ3) is 5.14. The number of aliphatic hydroxyl groups is 1. The van der Waals surface area contributed by atoms with Crippen LogP contribution in [0.5, 0.6) is 5.75 Å². The molecule has 0 spiro atoms. The fourth-order valence-corrected chi connectivity index (χ4v) is 5.03. The molecule has 2 saturated heterocycles. The van der Waals surface area contributed by atoms with Gasteiger partial charge < -0.3 is 25.0 Å². The van der Waals surface area contributed by atoms with Crippen molar-refractivity contribution in [1.29, 1.82) is 0 Å². The van der Waals surface area contributed by atoms with Crippen molar-refractivity contribution in [2.75, 3.05) is 38.3 Å². The fourth-order valence-electron chi connectivity index (χ4n) is 5.03. The number of amides is 1. The molecule has 9 nitrogen and oxygen atoms in total. The lowest BCUT2D eigenvalue weighted by Crippen LogP contribution is -2.48. The first-order chi connectivity index (χ1) is 15.8. The van der Waals surface area contributed by atoms with Crippen LogP contribution in [0.4, 0.5) is 6.01 Å². The Morgan fingerprint density at radius 2 is 2.03 bits per heavy atom. The van der Waals surface area contributed by atoms with Crippen molar-refractivity contribution in [2.45, 2.75) is 51.1 Å². The number of carbonyl (C=O) groups is 1. The number of hydrogen-bond donors (Lipinski definition) is 2. The summed E-state index contributed by atoms with van der Waals surface area (Å²) >= 11 is 0. The largest absolute Gasteiger partial charge is 0.497 e. The molecule has 3 atom stereocenters. The number of nitrogens with zero attached hydrogens (tertiary/aromatic N) is 4. The van der Waals surface area contributed by atoms with Gasteiger partial charge in [0.1, 0.15) is 5.75 Å². The molecule has 2 aliphatic heterocycles. The van der Waals surface area contributed by atoms with Crippen LogP contribution in [0.1, 0.15) is 39.5 Å². The Balaban J connectivity index is 1.50. The molecule has 3 heterocycles. The summed E-state index contributed by atoms with van der Waals surface area (Å²) in [5.74, 6) is 1.39. The molecule has 33 heavy (non-hydrogen) atoms. The lowest BCUT2D eigenvalue weighted by molar-refractivity contribution is -0.122. The van der Waals surface area contributed by atoms with Crippen LogP contribution in [-0.2, 0) is 4.79 Å². The minimum absolute atomic E-state index is 0.0996. The number of methoxy groups -OCH3 is 1. The van der Waals surface area contributed by atoms with E-state index in [-0.39, 0.29) is 30.0 Å². The Kier molecular flexibility index (Phi) is 6.90. The summed E-state index contributed by atoms with van der Waals surface area (Å²) in [7, 11) is 1.63. The highest BCUT2D eigenvalue weighted by Crippen LogP contribution is 2.35. The zero-order chi connectivity index (χ0) is 23.6. The molecule has 2 fully saturated rings. The van der Waals surface area contributed by atoms with Gasteiger partial charge in [-0.15, -0.1) is 0 Å². The number of carbonyl (C=O) groups excluding carboxylic acids is 1. The van der Waals surface area contributed by atoms with E-state index in [0.29, 0.717) is 37.1 Å². The second-order valence-electron chi connectivity index (χ2n) is 9.91. The van der Waals surface area contributed by atoms with E-state index in [1.54, 1.807) is 7.11 Å². The summed E-state index contributed by atoms with van der Waals surface area (Å²) in [6.45, 7) is 6.83. The average molecular weight is 458 g/mol. The van der Waals surface area contributed by atoms with E-state index in [4.69, 9.17) is 15.0 Å². The SMILES string of the molecule is COc1ccc(-c2noc(N3CCC(C(N)=O)CC3CC3CCN(C(C)(C)CO)C3)n2)cc1. The van der Waals surface area contributed by atoms with Crippen molar-refractivity contribution in [2.24, 2.45) is 17.6 Å². The van der Waals surface area contributed by atoms with Crippen LogP contribution in [0.2, 0.25) is 0 Å². The van der Waals surface area contributed by atoms with Gasteiger partial charge in [0.2, 0.25) is 11.7 Å². The van der Waals surface area contributed by atoms with Gasteiger partial charge in [0.25, 0.3) is 0 Å². The molecule has 0 radical (unpaired) electrons. The van der Waals surface area contributed by atoms with Crippen molar-refractivity contribution in [1.82, 2.24) is 15.0 Å². The van der Waals surface area contributed by atoms with Gasteiger partial charge >= 0.3 is 6.01 Å². The van der Waals surface area contributed by atoms with Crippen LogP contribution in [-0.4, -0.2) is 71.0 Å². The Labute approximate surface area is 194 Å². The summed E-state index contributed by atoms with van der Waals surface area (Å²) in [6, 6.07) is 8.13. The fraction of sp³-hybridized carbons (Fsp3) is 0.625. The molecule has 0 bridgehead atoms. The predicted molar refractivity (Wildman–Crippen MR) is 125 cm³/mol. The third-order valence-electron chi connectivity index (χ3n) is 7.26. The lowest BCUT2D eigenvalue weighted by Gasteiger charge is -2.39. The second kappa shape index (κ2) is 9.69. The highest BCUT2D eigenvalue weighted by molar-refractivity contribution is 5.77. The Morgan fingerprint density at radius 3 is 2.70 bits per heavy atom. The highest BCUT2D eigenvalue weighted by atomic mass is 16.5. The van der Waals surface area contributed by atoms with Gasteiger partial charge in [-0.05, 0) is 76.3 Å². The van der Waals surface area contributed by atoms with Gasteiger partial charge in [-0.25, -0.2) is 0 Å². The van der Waals surface area contributed by atoms with E-state index in [1.807, 2.05) is 24.3 Å². The monoisotopic (exact) mass is 457 g/mol. The maximum absolute atomic E-state index is 12.0. The molecule has 9 heteroatoms. The topological polar surface area (TPSA) is 118 Å². The van der Waals surface area contributed by atoms with E-state index in [9.17, 15) is 9.90 Å². The van der Waals surface area contributed by atoms with Gasteiger partial charge in [0.15, 0.2) is 0 Å². The molecular formula is C24H35N5O4. The van der Waals surface area contributed by atoms with Crippen molar-refractivity contribution < 1.29 is 19.2 Å². The number of primary amides is 1. The Bertz CT molecular complexity index is 945. The zero-order valence-corrected chi connectivity index (χ0v) is 19.7. The zero-order valence-electron chi connectivity index (χ0n) is 19.7. The third-order valence-corrected chi connectivity index (χ3v) is 7.26. The number of benzene rings is 1. The van der Waals surface area contributed by atoms with Gasteiger partial charge in [-0.2, -0.15) is 4.98 Å². The summed E-state index contributed by atoms with van der Waals surface area (Å²) in [6.07, 6.45) is 3.36. The number of aliphatic hydroxyl groups excluding tert-OH is 1. The van der Waals surface area contributed by atoms with Gasteiger partial charge in [0, 0.05) is 36.2 Å². The molecule has 3 unspecified atom stereocenters. The molecule has 0 aliphatic carbocycles. The first-order valence-electron chi connectivity index (χ1n) is 11.7. The maximum atomic E-state index is 12.0. The normalized spacial score (nSPS) is 24.2. The first-order valence-corrected chi connectivity index (χ1v) is 11.7. The van der Waals surface area contributed by atoms with Gasteiger partial charge in [0.05, 0.1) is 13.7 Å². The van der Waals surface area contributed by atoms with Crippen molar-refractivity contribution in [3.8, 4) is 17.1 Å². The Morgan fingerprint density at radius 1 is 1.27 bits per heavy atom. The number of piperidine rings is 1. The standard InChI is InChI=1S/C24H35N5O4/c1-24(2,15-30)28-10-8-16(14-28)12-19-13-18(21(25)31)9-11-29(19)23-26-22(27-33-23)17-4-6-20(32-3)7-5-17/h4-7,16,18-19,30H,8-15H2,1-3H3,(H2,25,31). The van der Waals surface area contributed by atoms with E-state index in [2.05, 4.69) is 33.8 Å². The van der Waals surface area contributed by atoms with E-state index >= 15 is 0 Å². The molecule has 2 aliphatic rings. The first kappa shape index (κ1) is 23.5. The summed E-state index contributed by atoms with van der Waals surface area (Å²) in [4.78, 5) is 21.1. The molecule has 2 aromatic rings. The molecule has 180 valence electrons. The Hall–Kier alpha value is -2.65. The van der Waals surface area contributed by atoms with E-state index in [1.165, 1.54) is 0 Å². The quantitative estimate of drug-likeness (QED) is 0.620. The maximum Gasteiger partial charge on any atom is 0.324 e. The molecule has 4 rings (SSSR count). The van der Waals surface area contributed by atoms with Crippen LogP contribution >= 0.6 is 0 Å². The summed E-state index contributed by atoms with van der Waals surface area (Å²) < 4.78 is 10.9. The van der Waals surface area contributed by atoms with Crippen molar-refractivity contribution in [3.05, 3.63) is 24.3 Å². The van der Waals surface area contributed by atoms with E-state index < -0.39 is 0 Å². The number of rotatable bonds is 8. The summed E-state index contributed by atoms with van der Waals surface area (Å²) in [5.41, 5.74) is 6.30. The molecule has 1 aromatic carbocycles. The molecule has 0 saturated carbocycles. The predicted octanol–water partition coefficient (Wildman–Crippen LogP) is 2.30. The highest BCUT2D eigenvalue weighted by Gasteiger charge is 2.39. The van der Waals surface area contributed by atoms with Gasteiger partial charge in [-0.1, -0.05) is 5.16 Å². The minimum Gasteiger partial charge on any atom is -0.497 e. The van der Waals surface area contributed by atoms with E-state index in [0.717, 1.165) is 37.2 Å². The van der Waals surface area contributed by atoms with Crippen LogP contribution in [0.15, 0.2) is 28.8 Å². The van der Waals surface area contributed by atoms with Gasteiger partial charge in [-0.3, -0.25) is 9.69 Å². The number of hydrogen-bond acceptors (Lipinski definition) is 8. The van der Waals surface area contributed by atoms with Crippen LogP contribution < -0.4 is 15.4 Å². The molecule has 3 N–H and O–H groups in total. The number of nitrogens with two attached hydrogens (primary N) is 1. The minimum atomic E-state index is -0.237. The molecule has 1 aromatic heterocycles. The van der Waals surface area contributed by atoms with Crippen LogP contribution in [0.3, 0.4) is 0 Å². The average Bonchev–Trinajstić information content (AvgIpc) is 3.49. The number of anilines is 1. The second-order valence-corrected chi connectivity index (χ2v) is 9.91. The molecular weight excluding hydrogens is 422 g/mol. The lowest BCUT2D eigenvalue weighted by atomic mass is 9.85. The van der Waals surface area contributed by atoms with Crippen molar-refractivity contribution in [3.63, 3.8) is 0 Å².